The molecule has 1 saturated carbocycles. The molecule has 3 aliphatic heterocycles. The van der Waals surface area contributed by atoms with Gasteiger partial charge in [-0.25, -0.2) is 9.18 Å². The van der Waals surface area contributed by atoms with E-state index in [1.807, 2.05) is 6.07 Å². The average molecular weight is 498 g/mol. The number of amides is 2. The van der Waals surface area contributed by atoms with E-state index in [1.54, 1.807) is 31.7 Å². The molecule has 4 aliphatic rings. The SMILES string of the molecule is CN1CC2(C1)CN(c1ccc(C[C@@H](C#N)NC(=O)[C@@H]3[C@H]4CC[C@H](C4)N3C(=O)OC(C)(C)C)c(F)c1)C2. The van der Waals surface area contributed by atoms with Crippen molar-refractivity contribution in [3.63, 3.8) is 0 Å². The first-order chi connectivity index (χ1) is 17.0. The van der Waals surface area contributed by atoms with Crippen molar-refractivity contribution in [3.05, 3.63) is 29.6 Å². The van der Waals surface area contributed by atoms with Gasteiger partial charge in [0.05, 0.1) is 6.07 Å². The van der Waals surface area contributed by atoms with Crippen molar-refractivity contribution >= 4 is 17.7 Å². The van der Waals surface area contributed by atoms with Gasteiger partial charge in [0.25, 0.3) is 0 Å². The Morgan fingerprint density at radius 2 is 1.97 bits per heavy atom. The molecule has 0 radical (unpaired) electrons. The van der Waals surface area contributed by atoms with Crippen LogP contribution in [-0.4, -0.2) is 78.8 Å². The topological polar surface area (TPSA) is 88.9 Å². The third-order valence-corrected chi connectivity index (χ3v) is 8.02. The molecule has 5 rings (SSSR count). The lowest BCUT2D eigenvalue weighted by Gasteiger charge is -2.60. The smallest absolute Gasteiger partial charge is 0.411 e. The Morgan fingerprint density at radius 1 is 1.25 bits per heavy atom. The van der Waals surface area contributed by atoms with E-state index in [9.17, 15) is 19.2 Å². The highest BCUT2D eigenvalue weighted by Gasteiger charge is 2.53. The summed E-state index contributed by atoms with van der Waals surface area (Å²) >= 11 is 0. The maximum Gasteiger partial charge on any atom is 0.411 e. The maximum absolute atomic E-state index is 15.0. The van der Waals surface area contributed by atoms with Crippen molar-refractivity contribution in [3.8, 4) is 6.07 Å². The molecule has 4 fully saturated rings. The van der Waals surface area contributed by atoms with Crippen LogP contribution >= 0.6 is 0 Å². The molecular formula is C27H36FN5O3. The second-order valence-corrected chi connectivity index (χ2v) is 12.3. The van der Waals surface area contributed by atoms with Crippen LogP contribution in [0.1, 0.15) is 45.6 Å². The molecule has 9 heteroatoms. The quantitative estimate of drug-likeness (QED) is 0.673. The Balaban J connectivity index is 1.21. The van der Waals surface area contributed by atoms with Crippen molar-refractivity contribution in [2.24, 2.45) is 11.3 Å². The van der Waals surface area contributed by atoms with Crippen LogP contribution in [0.15, 0.2) is 18.2 Å². The molecule has 0 unspecified atom stereocenters. The number of nitriles is 1. The fourth-order valence-electron chi connectivity index (χ4n) is 6.65. The highest BCUT2D eigenvalue weighted by atomic mass is 19.1. The van der Waals surface area contributed by atoms with Crippen LogP contribution in [0.25, 0.3) is 0 Å². The second-order valence-electron chi connectivity index (χ2n) is 12.3. The van der Waals surface area contributed by atoms with Crippen LogP contribution in [-0.2, 0) is 16.0 Å². The van der Waals surface area contributed by atoms with Gasteiger partial charge < -0.3 is 19.9 Å². The van der Waals surface area contributed by atoms with E-state index in [1.165, 1.54) is 6.07 Å². The number of carbonyl (C=O) groups is 2. The molecule has 4 atom stereocenters. The number of hydrogen-bond acceptors (Lipinski definition) is 6. The number of ether oxygens (including phenoxy) is 1. The molecule has 3 saturated heterocycles. The summed E-state index contributed by atoms with van der Waals surface area (Å²) in [5.74, 6) is -0.690. The first-order valence-corrected chi connectivity index (χ1v) is 12.9. The van der Waals surface area contributed by atoms with Gasteiger partial charge in [0, 0.05) is 49.7 Å². The minimum Gasteiger partial charge on any atom is -0.444 e. The van der Waals surface area contributed by atoms with Crippen molar-refractivity contribution in [2.75, 3.05) is 38.1 Å². The van der Waals surface area contributed by atoms with Gasteiger partial charge in [-0.1, -0.05) is 6.07 Å². The molecule has 194 valence electrons. The van der Waals surface area contributed by atoms with Crippen LogP contribution in [0.3, 0.4) is 0 Å². The number of anilines is 1. The Kier molecular flexibility index (Phi) is 6.14. The van der Waals surface area contributed by atoms with Crippen LogP contribution in [0, 0.1) is 28.5 Å². The summed E-state index contributed by atoms with van der Waals surface area (Å²) in [6.45, 7) is 9.43. The molecule has 0 aromatic heterocycles. The van der Waals surface area contributed by atoms with E-state index in [-0.39, 0.29) is 30.1 Å². The first-order valence-electron chi connectivity index (χ1n) is 12.9. The van der Waals surface area contributed by atoms with Gasteiger partial charge in [-0.15, -0.1) is 0 Å². The minimum atomic E-state index is -0.893. The Labute approximate surface area is 212 Å². The van der Waals surface area contributed by atoms with Crippen LogP contribution in [0.2, 0.25) is 0 Å². The largest absolute Gasteiger partial charge is 0.444 e. The van der Waals surface area contributed by atoms with E-state index in [4.69, 9.17) is 4.74 Å². The molecule has 1 N–H and O–H groups in total. The summed E-state index contributed by atoms with van der Waals surface area (Å²) < 4.78 is 20.5. The lowest BCUT2D eigenvalue weighted by Crippen LogP contribution is -2.71. The molecule has 2 amide bonds. The molecule has 1 aromatic carbocycles. The number of hydrogen-bond donors (Lipinski definition) is 1. The predicted octanol–water partition coefficient (Wildman–Crippen LogP) is 2.92. The Morgan fingerprint density at radius 3 is 2.58 bits per heavy atom. The van der Waals surface area contributed by atoms with Crippen LogP contribution < -0.4 is 10.2 Å². The highest BCUT2D eigenvalue weighted by Crippen LogP contribution is 2.43. The molecule has 8 nitrogen and oxygen atoms in total. The number of fused-ring (bicyclic) bond motifs is 2. The summed E-state index contributed by atoms with van der Waals surface area (Å²) in [6, 6.07) is 5.66. The van der Waals surface area contributed by atoms with Crippen molar-refractivity contribution in [2.45, 2.75) is 70.2 Å². The van der Waals surface area contributed by atoms with Crippen molar-refractivity contribution in [1.82, 2.24) is 15.1 Å². The maximum atomic E-state index is 15.0. The molecular weight excluding hydrogens is 461 g/mol. The van der Waals surface area contributed by atoms with Gasteiger partial charge >= 0.3 is 6.09 Å². The third kappa shape index (κ3) is 4.63. The van der Waals surface area contributed by atoms with Gasteiger partial charge in [0.1, 0.15) is 23.5 Å². The van der Waals surface area contributed by atoms with Crippen molar-refractivity contribution < 1.29 is 18.7 Å². The molecule has 2 bridgehead atoms. The summed E-state index contributed by atoms with van der Waals surface area (Å²) in [4.78, 5) is 32.1. The van der Waals surface area contributed by atoms with Gasteiger partial charge in [0.15, 0.2) is 0 Å². The van der Waals surface area contributed by atoms with Crippen LogP contribution in [0.4, 0.5) is 14.9 Å². The zero-order valence-electron chi connectivity index (χ0n) is 21.6. The van der Waals surface area contributed by atoms with E-state index in [0.29, 0.717) is 11.0 Å². The summed E-state index contributed by atoms with van der Waals surface area (Å²) in [5, 5.41) is 12.5. The highest BCUT2D eigenvalue weighted by molar-refractivity contribution is 5.87. The zero-order chi connectivity index (χ0) is 25.8. The normalized spacial score (nSPS) is 27.3. The molecule has 1 aliphatic carbocycles. The van der Waals surface area contributed by atoms with Gasteiger partial charge in [-0.05, 0) is 70.7 Å². The van der Waals surface area contributed by atoms with E-state index in [0.717, 1.165) is 51.1 Å². The lowest BCUT2D eigenvalue weighted by molar-refractivity contribution is -0.128. The van der Waals surface area contributed by atoms with Gasteiger partial charge in [0.2, 0.25) is 5.91 Å². The van der Waals surface area contributed by atoms with E-state index < -0.39 is 23.8 Å². The Hall–Kier alpha value is -2.86. The fourth-order valence-corrected chi connectivity index (χ4v) is 6.65. The monoisotopic (exact) mass is 497 g/mol. The second kappa shape index (κ2) is 8.91. The Bertz CT molecular complexity index is 1080. The fraction of sp³-hybridized carbons (Fsp3) is 0.667. The molecule has 36 heavy (non-hydrogen) atoms. The number of benzene rings is 1. The van der Waals surface area contributed by atoms with Gasteiger partial charge in [-0.3, -0.25) is 9.69 Å². The summed E-state index contributed by atoms with van der Waals surface area (Å²) in [5.41, 5.74) is 0.932. The first kappa shape index (κ1) is 24.8. The number of piperidine rings is 1. The number of rotatable bonds is 5. The van der Waals surface area contributed by atoms with E-state index in [2.05, 4.69) is 28.2 Å². The zero-order valence-corrected chi connectivity index (χ0v) is 21.6. The lowest BCUT2D eigenvalue weighted by atomic mass is 9.73. The van der Waals surface area contributed by atoms with Crippen molar-refractivity contribution in [1.29, 1.82) is 5.26 Å². The standard InChI is InChI=1S/C27H36FN5O3/c1-26(2,3)36-25(35)33-21-8-6-18(10-21)23(33)24(34)30-19(12-29)9-17-5-7-20(11-22(17)28)32-15-27(16-32)13-31(4)14-27/h5,7,11,18-19,21,23H,6,8-10,13-16H2,1-4H3,(H,30,34)/t18-,19-,21+,23-/m0/s1. The third-order valence-electron chi connectivity index (χ3n) is 8.02. The summed E-state index contributed by atoms with van der Waals surface area (Å²) in [7, 11) is 2.11. The molecule has 1 spiro atoms. The summed E-state index contributed by atoms with van der Waals surface area (Å²) in [6.07, 6.45) is 2.05. The number of halogens is 1. The number of nitrogens with one attached hydrogen (secondary N) is 1. The van der Waals surface area contributed by atoms with Gasteiger partial charge in [-0.2, -0.15) is 5.26 Å². The average Bonchev–Trinajstić information content (AvgIpc) is 3.36. The van der Waals surface area contributed by atoms with Crippen LogP contribution in [0.5, 0.6) is 0 Å². The minimum absolute atomic E-state index is 0.0212. The number of nitrogens with zero attached hydrogens (tertiary/aromatic N) is 4. The molecule has 1 aromatic rings. The predicted molar refractivity (Wildman–Crippen MR) is 133 cm³/mol. The molecule has 3 heterocycles. The number of likely N-dealkylation sites (tertiary alicyclic amines) is 2. The van der Waals surface area contributed by atoms with E-state index >= 15 is 0 Å². The number of carbonyl (C=O) groups excluding carboxylic acids is 2.